The van der Waals surface area contributed by atoms with Crippen LogP contribution in [0, 0.1) is 5.92 Å². The van der Waals surface area contributed by atoms with Gasteiger partial charge < -0.3 is 19.5 Å². The molecule has 2 heterocycles. The van der Waals surface area contributed by atoms with Crippen molar-refractivity contribution in [3.05, 3.63) is 24.0 Å². The van der Waals surface area contributed by atoms with Crippen LogP contribution >= 0.6 is 0 Å². The lowest BCUT2D eigenvalue weighted by Crippen LogP contribution is -2.35. The highest BCUT2D eigenvalue weighted by Crippen LogP contribution is 2.19. The number of methoxy groups -OCH3 is 1. The number of hydrogen-bond acceptors (Lipinski definition) is 3. The maximum Gasteiger partial charge on any atom is 0.220 e. The number of amides is 2. The second-order valence-corrected chi connectivity index (χ2v) is 5.46. The second-order valence-electron chi connectivity index (χ2n) is 5.46. The van der Waals surface area contributed by atoms with Crippen molar-refractivity contribution >= 4 is 11.8 Å². The summed E-state index contributed by atoms with van der Waals surface area (Å²) in [6.07, 6.45) is 2.43. The number of rotatable bonds is 5. The first-order valence-electron chi connectivity index (χ1n) is 7.25. The minimum Gasteiger partial charge on any atom is -0.383 e. The zero-order valence-electron chi connectivity index (χ0n) is 12.7. The summed E-state index contributed by atoms with van der Waals surface area (Å²) in [5.74, 6) is 0.190. The fourth-order valence-corrected chi connectivity index (χ4v) is 2.67. The van der Waals surface area contributed by atoms with Crippen LogP contribution < -0.4 is 5.32 Å². The minimum absolute atomic E-state index is 0.0103. The van der Waals surface area contributed by atoms with Gasteiger partial charge in [0, 0.05) is 57.9 Å². The van der Waals surface area contributed by atoms with Gasteiger partial charge in [-0.3, -0.25) is 9.59 Å². The average Bonchev–Trinajstić information content (AvgIpc) is 2.78. The average molecular weight is 293 g/mol. The van der Waals surface area contributed by atoms with Crippen LogP contribution in [0.3, 0.4) is 0 Å². The van der Waals surface area contributed by atoms with Crippen LogP contribution in [-0.2, 0) is 27.4 Å². The van der Waals surface area contributed by atoms with Gasteiger partial charge in [-0.25, -0.2) is 0 Å². The Labute approximate surface area is 125 Å². The van der Waals surface area contributed by atoms with Gasteiger partial charge in [0.15, 0.2) is 0 Å². The Bertz CT molecular complexity index is 498. The number of hydrogen-bond donors (Lipinski definition) is 1. The summed E-state index contributed by atoms with van der Waals surface area (Å²) in [7, 11) is 1.61. The quantitative estimate of drug-likeness (QED) is 0.810. The molecule has 0 radical (unpaired) electrons. The van der Waals surface area contributed by atoms with Gasteiger partial charge in [-0.2, -0.15) is 0 Å². The molecule has 0 bridgehead atoms. The van der Waals surface area contributed by atoms with Gasteiger partial charge in [0.1, 0.15) is 0 Å². The summed E-state index contributed by atoms with van der Waals surface area (Å²) in [6.45, 7) is 4.61. The molecule has 0 aromatic carbocycles. The van der Waals surface area contributed by atoms with Crippen molar-refractivity contribution in [1.82, 2.24) is 14.8 Å². The van der Waals surface area contributed by atoms with Gasteiger partial charge in [0.25, 0.3) is 0 Å². The molecule has 2 amide bonds. The normalized spacial score (nSPS) is 18.0. The molecule has 1 aromatic heterocycles. The van der Waals surface area contributed by atoms with Crippen molar-refractivity contribution in [3.8, 4) is 0 Å². The van der Waals surface area contributed by atoms with E-state index in [0.717, 1.165) is 12.2 Å². The van der Waals surface area contributed by atoms with E-state index >= 15 is 0 Å². The highest BCUT2D eigenvalue weighted by Gasteiger charge is 2.24. The van der Waals surface area contributed by atoms with Crippen LogP contribution in [0.15, 0.2) is 18.3 Å². The number of carbonyl (C=O) groups is 2. The van der Waals surface area contributed by atoms with E-state index < -0.39 is 0 Å². The molecule has 1 aromatic rings. The van der Waals surface area contributed by atoms with Crippen molar-refractivity contribution in [3.63, 3.8) is 0 Å². The molecule has 2 rings (SSSR count). The van der Waals surface area contributed by atoms with Crippen molar-refractivity contribution in [1.29, 1.82) is 0 Å². The summed E-state index contributed by atoms with van der Waals surface area (Å²) < 4.78 is 7.05. The predicted octanol–water partition coefficient (Wildman–Crippen LogP) is 0.619. The van der Waals surface area contributed by atoms with E-state index in [1.54, 1.807) is 14.0 Å². The van der Waals surface area contributed by atoms with Crippen LogP contribution in [0.4, 0.5) is 0 Å². The molecular formula is C15H23N3O3. The maximum atomic E-state index is 11.9. The zero-order chi connectivity index (χ0) is 15.2. The Morgan fingerprint density at radius 2 is 2.24 bits per heavy atom. The highest BCUT2D eigenvalue weighted by atomic mass is 16.5. The lowest BCUT2D eigenvalue weighted by Gasteiger charge is -2.22. The Morgan fingerprint density at radius 1 is 1.43 bits per heavy atom. The number of ether oxygens (including phenoxy) is 1. The molecule has 1 atom stereocenters. The van der Waals surface area contributed by atoms with E-state index in [4.69, 9.17) is 4.74 Å². The van der Waals surface area contributed by atoms with Gasteiger partial charge in [-0.1, -0.05) is 0 Å². The third-order valence-electron chi connectivity index (χ3n) is 3.76. The lowest BCUT2D eigenvalue weighted by molar-refractivity contribution is -0.131. The van der Waals surface area contributed by atoms with E-state index in [1.807, 2.05) is 23.2 Å². The first kappa shape index (κ1) is 15.6. The molecule has 6 nitrogen and oxygen atoms in total. The molecule has 6 heteroatoms. The third kappa shape index (κ3) is 4.32. The predicted molar refractivity (Wildman–Crippen MR) is 78.5 cm³/mol. The number of nitrogens with zero attached hydrogens (tertiary/aromatic N) is 2. The third-order valence-corrected chi connectivity index (χ3v) is 3.76. The van der Waals surface area contributed by atoms with Crippen molar-refractivity contribution in [2.24, 2.45) is 5.92 Å². The molecule has 0 saturated heterocycles. The van der Waals surface area contributed by atoms with Gasteiger partial charge in [0.2, 0.25) is 11.8 Å². The molecule has 116 valence electrons. The Balaban J connectivity index is 1.98. The first-order valence-corrected chi connectivity index (χ1v) is 7.25. The van der Waals surface area contributed by atoms with E-state index in [1.165, 1.54) is 0 Å². The fourth-order valence-electron chi connectivity index (χ4n) is 2.67. The molecule has 21 heavy (non-hydrogen) atoms. The van der Waals surface area contributed by atoms with Crippen molar-refractivity contribution < 1.29 is 14.3 Å². The van der Waals surface area contributed by atoms with E-state index in [2.05, 4.69) is 9.88 Å². The first-order chi connectivity index (χ1) is 10.1. The van der Waals surface area contributed by atoms with Gasteiger partial charge in [-0.05, 0) is 12.1 Å². The van der Waals surface area contributed by atoms with Crippen molar-refractivity contribution in [2.75, 3.05) is 26.8 Å². The summed E-state index contributed by atoms with van der Waals surface area (Å²) >= 11 is 0. The van der Waals surface area contributed by atoms with Crippen molar-refractivity contribution in [2.45, 2.75) is 26.4 Å². The molecule has 0 spiro atoms. The van der Waals surface area contributed by atoms with Crippen LogP contribution in [0.5, 0.6) is 0 Å². The number of aromatic nitrogens is 1. The monoisotopic (exact) mass is 293 g/mol. The summed E-state index contributed by atoms with van der Waals surface area (Å²) in [5.41, 5.74) is 1.12. The molecular weight excluding hydrogens is 270 g/mol. The number of fused-ring (bicyclic) bond motifs is 1. The van der Waals surface area contributed by atoms with Gasteiger partial charge in [-0.15, -0.1) is 0 Å². The van der Waals surface area contributed by atoms with E-state index in [9.17, 15) is 9.59 Å². The van der Waals surface area contributed by atoms with Gasteiger partial charge >= 0.3 is 0 Å². The number of carbonyl (C=O) groups excluding carboxylic acids is 2. The van der Waals surface area contributed by atoms with Crippen LogP contribution in [-0.4, -0.2) is 48.1 Å². The van der Waals surface area contributed by atoms with E-state index in [0.29, 0.717) is 32.7 Å². The minimum atomic E-state index is 0.0103. The molecule has 1 N–H and O–H groups in total. The molecule has 1 aliphatic heterocycles. The largest absolute Gasteiger partial charge is 0.383 e. The Morgan fingerprint density at radius 3 is 2.95 bits per heavy atom. The summed E-state index contributed by atoms with van der Waals surface area (Å²) in [5, 5.41) is 2.84. The van der Waals surface area contributed by atoms with Crippen LogP contribution in [0.2, 0.25) is 0 Å². The molecule has 0 saturated carbocycles. The Hall–Kier alpha value is -1.82. The topological polar surface area (TPSA) is 63.6 Å². The molecule has 0 fully saturated rings. The fraction of sp³-hybridized carbons (Fsp3) is 0.600. The molecule has 1 aliphatic rings. The Kier molecular flexibility index (Phi) is 5.38. The van der Waals surface area contributed by atoms with Gasteiger partial charge in [0.05, 0.1) is 13.2 Å². The second kappa shape index (κ2) is 7.26. The van der Waals surface area contributed by atoms with Crippen LogP contribution in [0.1, 0.15) is 19.0 Å². The zero-order valence-corrected chi connectivity index (χ0v) is 12.7. The summed E-state index contributed by atoms with van der Waals surface area (Å²) in [6, 6.07) is 4.01. The summed E-state index contributed by atoms with van der Waals surface area (Å²) in [4.78, 5) is 25.5. The molecule has 0 unspecified atom stereocenters. The lowest BCUT2D eigenvalue weighted by atomic mass is 10.0. The standard InChI is InChI=1S/C15H23N3O3/c1-12(19)18-10-13(8-15(20)16-5-7-21-2)9-17-6-3-4-14(17)11-18/h3-4,6,13H,5,7-11H2,1-2H3,(H,16,20)/t13-/m1/s1. The molecule has 0 aliphatic carbocycles. The van der Waals surface area contributed by atoms with Crippen LogP contribution in [0.25, 0.3) is 0 Å². The van der Waals surface area contributed by atoms with E-state index in [-0.39, 0.29) is 17.7 Å². The highest BCUT2D eigenvalue weighted by molar-refractivity contribution is 5.76. The number of nitrogens with one attached hydrogen (secondary N) is 1. The maximum absolute atomic E-state index is 11.9. The smallest absolute Gasteiger partial charge is 0.220 e. The SMILES string of the molecule is COCCNC(=O)C[C@H]1CN(C(C)=O)Cc2cccn2C1.